The number of rotatable bonds is 1. The molecule has 1 heterocycles. The van der Waals surface area contributed by atoms with E-state index in [1.807, 2.05) is 0 Å². The van der Waals surface area contributed by atoms with E-state index in [-0.39, 0.29) is 5.56 Å². The van der Waals surface area contributed by atoms with Gasteiger partial charge in [-0.05, 0) is 0 Å². The zero-order valence-corrected chi connectivity index (χ0v) is 5.47. The van der Waals surface area contributed by atoms with Crippen molar-refractivity contribution in [3.8, 4) is 0 Å². The van der Waals surface area contributed by atoms with Crippen LogP contribution in [-0.2, 0) is 0 Å². The summed E-state index contributed by atoms with van der Waals surface area (Å²) >= 11 is 0. The van der Waals surface area contributed by atoms with Crippen LogP contribution < -0.4 is 5.46 Å². The topological polar surface area (TPSA) is 30.0 Å². The highest BCUT2D eigenvalue weighted by atomic mass is 19.1. The number of carbonyl (C=O) groups is 1. The zero-order chi connectivity index (χ0) is 7.56. The molecule has 0 N–H and O–H groups in total. The van der Waals surface area contributed by atoms with Crippen molar-refractivity contribution in [3.05, 3.63) is 23.8 Å². The van der Waals surface area contributed by atoms with Crippen molar-refractivity contribution in [2.75, 3.05) is 0 Å². The highest BCUT2D eigenvalue weighted by molar-refractivity contribution is 6.35. The fourth-order valence-electron chi connectivity index (χ4n) is 0.691. The molecule has 4 heteroatoms. The van der Waals surface area contributed by atoms with Crippen LogP contribution in [0.1, 0.15) is 10.4 Å². The van der Waals surface area contributed by atoms with Gasteiger partial charge in [-0.25, -0.2) is 4.39 Å². The van der Waals surface area contributed by atoms with Crippen molar-refractivity contribution in [3.63, 3.8) is 0 Å². The lowest BCUT2D eigenvalue weighted by Gasteiger charge is -1.95. The van der Waals surface area contributed by atoms with E-state index in [1.54, 1.807) is 7.85 Å². The molecule has 10 heavy (non-hydrogen) atoms. The van der Waals surface area contributed by atoms with E-state index >= 15 is 0 Å². The Morgan fingerprint density at radius 1 is 1.60 bits per heavy atom. The molecule has 0 saturated carbocycles. The van der Waals surface area contributed by atoms with Gasteiger partial charge in [0.05, 0.1) is 6.20 Å². The minimum atomic E-state index is -0.560. The van der Waals surface area contributed by atoms with E-state index in [4.69, 9.17) is 0 Å². The predicted octanol–water partition coefficient (Wildman–Crippen LogP) is -0.708. The molecule has 0 aromatic carbocycles. The van der Waals surface area contributed by atoms with Crippen molar-refractivity contribution in [1.29, 1.82) is 0 Å². The van der Waals surface area contributed by atoms with Crippen molar-refractivity contribution >= 4 is 19.6 Å². The van der Waals surface area contributed by atoms with E-state index in [2.05, 4.69) is 4.98 Å². The first-order valence-corrected chi connectivity index (χ1v) is 2.81. The Kier molecular flexibility index (Phi) is 1.80. The van der Waals surface area contributed by atoms with E-state index in [0.29, 0.717) is 11.7 Å². The van der Waals surface area contributed by atoms with Crippen LogP contribution in [0.5, 0.6) is 0 Å². The molecular weight excluding hydrogens is 132 g/mol. The second-order valence-electron chi connectivity index (χ2n) is 1.97. The molecule has 2 nitrogen and oxygen atoms in total. The normalized spacial score (nSPS) is 9.30. The zero-order valence-electron chi connectivity index (χ0n) is 5.47. The first kappa shape index (κ1) is 6.93. The van der Waals surface area contributed by atoms with Crippen LogP contribution >= 0.6 is 0 Å². The number of halogens is 1. The van der Waals surface area contributed by atoms with Gasteiger partial charge in [0.1, 0.15) is 7.85 Å². The molecular formula is C6H5BFNO. The maximum atomic E-state index is 12.6. The molecule has 0 aliphatic heterocycles. The van der Waals surface area contributed by atoms with Gasteiger partial charge in [-0.15, -0.1) is 0 Å². The van der Waals surface area contributed by atoms with Gasteiger partial charge in [0.2, 0.25) is 0 Å². The summed E-state index contributed by atoms with van der Waals surface area (Å²) in [5.74, 6) is -0.560. The van der Waals surface area contributed by atoms with Crippen LogP contribution in [0.2, 0.25) is 0 Å². The van der Waals surface area contributed by atoms with Gasteiger partial charge in [-0.2, -0.15) is 0 Å². The van der Waals surface area contributed by atoms with Crippen molar-refractivity contribution < 1.29 is 9.18 Å². The largest absolute Gasteiger partial charge is 0.298 e. The Bertz CT molecular complexity index is 244. The Morgan fingerprint density at radius 2 is 2.30 bits per heavy atom. The molecule has 0 bridgehead atoms. The van der Waals surface area contributed by atoms with Crippen LogP contribution in [0, 0.1) is 5.82 Å². The SMILES string of the molecule is Bc1cncc(F)c1C=O. The lowest BCUT2D eigenvalue weighted by atomic mass is 9.93. The van der Waals surface area contributed by atoms with Gasteiger partial charge in [0.15, 0.2) is 12.1 Å². The summed E-state index contributed by atoms with van der Waals surface area (Å²) in [4.78, 5) is 13.7. The maximum absolute atomic E-state index is 12.6. The summed E-state index contributed by atoms with van der Waals surface area (Å²) in [6.07, 6.45) is 2.97. The van der Waals surface area contributed by atoms with Gasteiger partial charge in [0.25, 0.3) is 0 Å². The van der Waals surface area contributed by atoms with Crippen LogP contribution in [0.25, 0.3) is 0 Å². The van der Waals surface area contributed by atoms with Crippen LogP contribution in [0.3, 0.4) is 0 Å². The van der Waals surface area contributed by atoms with Crippen molar-refractivity contribution in [2.45, 2.75) is 0 Å². The highest BCUT2D eigenvalue weighted by Crippen LogP contribution is 1.96. The molecule has 0 radical (unpaired) electrons. The minimum absolute atomic E-state index is 0.0926. The number of aromatic nitrogens is 1. The van der Waals surface area contributed by atoms with Gasteiger partial charge < -0.3 is 0 Å². The molecule has 1 rings (SSSR count). The summed E-state index contributed by atoms with van der Waals surface area (Å²) in [7, 11) is 1.64. The van der Waals surface area contributed by atoms with Gasteiger partial charge in [-0.1, -0.05) is 5.46 Å². The summed E-state index contributed by atoms with van der Waals surface area (Å²) < 4.78 is 12.6. The summed E-state index contributed by atoms with van der Waals surface area (Å²) in [5, 5.41) is 0. The smallest absolute Gasteiger partial charge is 0.152 e. The summed E-state index contributed by atoms with van der Waals surface area (Å²) in [5.41, 5.74) is 0.657. The molecule has 50 valence electrons. The lowest BCUT2D eigenvalue weighted by molar-refractivity contribution is 0.112. The van der Waals surface area contributed by atoms with E-state index < -0.39 is 5.82 Å². The molecule has 0 spiro atoms. The fourth-order valence-corrected chi connectivity index (χ4v) is 0.691. The molecule has 1 aromatic rings. The Balaban J connectivity index is 3.30. The van der Waals surface area contributed by atoms with E-state index in [0.717, 1.165) is 6.20 Å². The van der Waals surface area contributed by atoms with E-state index in [9.17, 15) is 9.18 Å². The number of aldehydes is 1. The molecule has 0 aliphatic carbocycles. The molecule has 0 aliphatic rings. The van der Waals surface area contributed by atoms with Crippen LogP contribution in [0.4, 0.5) is 4.39 Å². The third kappa shape index (κ3) is 1.05. The third-order valence-electron chi connectivity index (χ3n) is 1.26. The van der Waals surface area contributed by atoms with Crippen LogP contribution in [0.15, 0.2) is 12.4 Å². The number of nitrogens with zero attached hydrogens (tertiary/aromatic N) is 1. The molecule has 0 saturated heterocycles. The molecule has 1 aromatic heterocycles. The fraction of sp³-hybridized carbons (Fsp3) is 0. The standard InChI is InChI=1S/C6H5BFNO/c7-5-1-9-2-6(8)4(5)3-10/h1-3H,7H2. The second-order valence-corrected chi connectivity index (χ2v) is 1.97. The van der Waals surface area contributed by atoms with Crippen molar-refractivity contribution in [1.82, 2.24) is 4.98 Å². The number of pyridine rings is 1. The average molecular weight is 137 g/mol. The quantitative estimate of drug-likeness (QED) is 0.378. The highest BCUT2D eigenvalue weighted by Gasteiger charge is 2.02. The van der Waals surface area contributed by atoms with Crippen LogP contribution in [-0.4, -0.2) is 19.1 Å². The maximum Gasteiger partial charge on any atom is 0.152 e. The van der Waals surface area contributed by atoms with Gasteiger partial charge >= 0.3 is 0 Å². The number of carbonyl (C=O) groups excluding carboxylic acids is 1. The molecule has 0 fully saturated rings. The minimum Gasteiger partial charge on any atom is -0.298 e. The van der Waals surface area contributed by atoms with Crippen molar-refractivity contribution in [2.24, 2.45) is 0 Å². The monoisotopic (exact) mass is 137 g/mol. The first-order chi connectivity index (χ1) is 4.75. The third-order valence-corrected chi connectivity index (χ3v) is 1.26. The molecule has 0 atom stereocenters. The van der Waals surface area contributed by atoms with Gasteiger partial charge in [-0.3, -0.25) is 9.78 Å². The summed E-state index contributed by atoms with van der Waals surface area (Å²) in [6, 6.07) is 0. The van der Waals surface area contributed by atoms with Gasteiger partial charge in [0, 0.05) is 11.8 Å². The molecule has 0 unspecified atom stereocenters. The predicted molar refractivity (Wildman–Crippen MR) is 37.8 cm³/mol. The Hall–Kier alpha value is -1.19. The Morgan fingerprint density at radius 3 is 2.70 bits per heavy atom. The summed E-state index contributed by atoms with van der Waals surface area (Å²) in [6.45, 7) is 0. The first-order valence-electron chi connectivity index (χ1n) is 2.81. The average Bonchev–Trinajstić information content (AvgIpc) is 1.88. The second kappa shape index (κ2) is 2.60. The Labute approximate surface area is 58.5 Å². The lowest BCUT2D eigenvalue weighted by Crippen LogP contribution is -2.12. The molecule has 0 amide bonds. The number of hydrogen-bond donors (Lipinski definition) is 0. The number of hydrogen-bond acceptors (Lipinski definition) is 2. The van der Waals surface area contributed by atoms with E-state index in [1.165, 1.54) is 6.20 Å².